The van der Waals surface area contributed by atoms with Gasteiger partial charge in [-0.15, -0.1) is 0 Å². The van der Waals surface area contributed by atoms with Gasteiger partial charge in [0.15, 0.2) is 0 Å². The van der Waals surface area contributed by atoms with Gasteiger partial charge in [0.2, 0.25) is 0 Å². The highest BCUT2D eigenvalue weighted by Gasteiger charge is 2.35. The monoisotopic (exact) mass is 235 g/mol. The van der Waals surface area contributed by atoms with Crippen LogP contribution in [-0.2, 0) is 13.5 Å². The summed E-state index contributed by atoms with van der Waals surface area (Å²) < 4.78 is 2.16. The number of aromatic nitrogens is 2. The summed E-state index contributed by atoms with van der Waals surface area (Å²) in [6.07, 6.45) is 4.13. The van der Waals surface area contributed by atoms with Crippen molar-refractivity contribution in [3.63, 3.8) is 0 Å². The lowest BCUT2D eigenvalue weighted by Crippen LogP contribution is -2.47. The topological polar surface area (TPSA) is 67.9 Å². The third kappa shape index (κ3) is 1.88. The molecule has 3 heterocycles. The van der Waals surface area contributed by atoms with E-state index in [1.54, 1.807) is 0 Å². The molecule has 0 saturated carbocycles. The van der Waals surface area contributed by atoms with E-state index in [1.807, 2.05) is 6.33 Å². The van der Waals surface area contributed by atoms with E-state index in [2.05, 4.69) is 27.2 Å². The molecule has 0 bridgehead atoms. The van der Waals surface area contributed by atoms with Crippen LogP contribution in [0.5, 0.6) is 0 Å². The molecule has 3 rings (SSSR count). The van der Waals surface area contributed by atoms with Gasteiger partial charge in [-0.25, -0.2) is 4.98 Å². The minimum absolute atomic E-state index is 0.378. The number of hydrogen-bond donors (Lipinski definition) is 3. The number of imidazole rings is 1. The van der Waals surface area contributed by atoms with E-state index in [0.29, 0.717) is 24.5 Å². The second-order valence-corrected chi connectivity index (χ2v) is 5.22. The molecule has 0 aliphatic carbocycles. The van der Waals surface area contributed by atoms with E-state index in [9.17, 15) is 0 Å². The zero-order valence-corrected chi connectivity index (χ0v) is 10.3. The van der Waals surface area contributed by atoms with Gasteiger partial charge >= 0.3 is 0 Å². The van der Waals surface area contributed by atoms with E-state index in [4.69, 9.17) is 5.73 Å². The van der Waals surface area contributed by atoms with Crippen LogP contribution in [-0.4, -0.2) is 35.2 Å². The first-order valence-electron chi connectivity index (χ1n) is 6.46. The van der Waals surface area contributed by atoms with Crippen molar-refractivity contribution in [2.75, 3.05) is 19.6 Å². The van der Waals surface area contributed by atoms with Gasteiger partial charge in [-0.05, 0) is 25.4 Å². The van der Waals surface area contributed by atoms with Gasteiger partial charge in [-0.1, -0.05) is 0 Å². The number of nitrogens with one attached hydrogen (secondary N) is 2. The van der Waals surface area contributed by atoms with Crippen LogP contribution in [0.15, 0.2) is 6.33 Å². The molecule has 1 aromatic heterocycles. The second kappa shape index (κ2) is 4.40. The summed E-state index contributed by atoms with van der Waals surface area (Å²) in [6.45, 7) is 2.91. The molecule has 1 aromatic rings. The Kier molecular flexibility index (Phi) is 2.90. The Labute approximate surface area is 102 Å². The van der Waals surface area contributed by atoms with E-state index >= 15 is 0 Å². The summed E-state index contributed by atoms with van der Waals surface area (Å²) in [7, 11) is 2.09. The molecule has 1 fully saturated rings. The summed E-state index contributed by atoms with van der Waals surface area (Å²) in [5.74, 6) is 0.665. The van der Waals surface area contributed by atoms with E-state index in [-0.39, 0.29) is 0 Å². The Morgan fingerprint density at radius 2 is 2.47 bits per heavy atom. The van der Waals surface area contributed by atoms with Crippen molar-refractivity contribution < 1.29 is 0 Å². The van der Waals surface area contributed by atoms with Crippen LogP contribution >= 0.6 is 0 Å². The molecule has 2 aliphatic rings. The minimum Gasteiger partial charge on any atom is -0.336 e. The van der Waals surface area contributed by atoms with Gasteiger partial charge in [-0.2, -0.15) is 0 Å². The Morgan fingerprint density at radius 1 is 1.59 bits per heavy atom. The Morgan fingerprint density at radius 3 is 3.18 bits per heavy atom. The van der Waals surface area contributed by atoms with Crippen molar-refractivity contribution in [1.82, 2.24) is 20.2 Å². The maximum atomic E-state index is 5.82. The number of fused-ring (bicyclic) bond motifs is 1. The third-order valence-corrected chi connectivity index (χ3v) is 4.07. The zero-order valence-electron chi connectivity index (χ0n) is 10.3. The first-order valence-corrected chi connectivity index (χ1v) is 6.46. The lowest BCUT2D eigenvalue weighted by molar-refractivity contribution is 0.307. The molecular formula is C12H21N5. The van der Waals surface area contributed by atoms with Crippen LogP contribution in [0.1, 0.15) is 23.9 Å². The van der Waals surface area contributed by atoms with Gasteiger partial charge in [0, 0.05) is 26.1 Å². The Balaban J connectivity index is 1.93. The van der Waals surface area contributed by atoms with Crippen molar-refractivity contribution in [3.05, 3.63) is 17.7 Å². The van der Waals surface area contributed by atoms with Crippen molar-refractivity contribution >= 4 is 0 Å². The first kappa shape index (κ1) is 11.2. The summed E-state index contributed by atoms with van der Waals surface area (Å²) in [5.41, 5.74) is 8.41. The van der Waals surface area contributed by atoms with Crippen molar-refractivity contribution in [1.29, 1.82) is 0 Å². The van der Waals surface area contributed by atoms with Crippen LogP contribution in [0.25, 0.3) is 0 Å². The SMILES string of the molecule is Cn1cnc2c1C(C1CCNC1)NC(CN)C2. The molecule has 3 unspecified atom stereocenters. The molecule has 2 aliphatic heterocycles. The van der Waals surface area contributed by atoms with E-state index < -0.39 is 0 Å². The quantitative estimate of drug-likeness (QED) is 0.649. The fourth-order valence-electron chi connectivity index (χ4n) is 3.14. The highest BCUT2D eigenvalue weighted by Crippen LogP contribution is 2.32. The summed E-state index contributed by atoms with van der Waals surface area (Å²) in [6, 6.07) is 0.790. The molecular weight excluding hydrogens is 214 g/mol. The second-order valence-electron chi connectivity index (χ2n) is 5.22. The van der Waals surface area contributed by atoms with Gasteiger partial charge in [0.25, 0.3) is 0 Å². The maximum Gasteiger partial charge on any atom is 0.0949 e. The largest absolute Gasteiger partial charge is 0.336 e. The van der Waals surface area contributed by atoms with Gasteiger partial charge < -0.3 is 20.9 Å². The molecule has 94 valence electrons. The van der Waals surface area contributed by atoms with Gasteiger partial charge in [-0.3, -0.25) is 0 Å². The molecule has 4 N–H and O–H groups in total. The van der Waals surface area contributed by atoms with Crippen LogP contribution < -0.4 is 16.4 Å². The highest BCUT2D eigenvalue weighted by atomic mass is 15.1. The van der Waals surface area contributed by atoms with Crippen LogP contribution in [0.2, 0.25) is 0 Å². The fraction of sp³-hybridized carbons (Fsp3) is 0.750. The van der Waals surface area contributed by atoms with Crippen molar-refractivity contribution in [2.24, 2.45) is 18.7 Å². The van der Waals surface area contributed by atoms with Crippen molar-refractivity contribution in [2.45, 2.75) is 24.9 Å². The molecule has 17 heavy (non-hydrogen) atoms. The summed E-state index contributed by atoms with van der Waals surface area (Å²) in [5, 5.41) is 7.15. The van der Waals surface area contributed by atoms with E-state index in [1.165, 1.54) is 17.8 Å². The summed E-state index contributed by atoms with van der Waals surface area (Å²) in [4.78, 5) is 4.52. The Hall–Kier alpha value is -0.910. The van der Waals surface area contributed by atoms with Crippen LogP contribution in [0.4, 0.5) is 0 Å². The lowest BCUT2D eigenvalue weighted by atomic mass is 9.89. The molecule has 0 spiro atoms. The third-order valence-electron chi connectivity index (χ3n) is 4.07. The average Bonchev–Trinajstić information content (AvgIpc) is 2.98. The molecule has 1 saturated heterocycles. The Bertz CT molecular complexity index is 394. The lowest BCUT2D eigenvalue weighted by Gasteiger charge is -2.34. The molecule has 0 amide bonds. The minimum atomic E-state index is 0.378. The van der Waals surface area contributed by atoms with Crippen LogP contribution in [0.3, 0.4) is 0 Å². The van der Waals surface area contributed by atoms with Crippen molar-refractivity contribution in [3.8, 4) is 0 Å². The van der Waals surface area contributed by atoms with Gasteiger partial charge in [0.1, 0.15) is 0 Å². The maximum absolute atomic E-state index is 5.82. The first-order chi connectivity index (χ1) is 8.29. The standard InChI is InChI=1S/C12H21N5/c1-17-7-15-10-4-9(5-13)16-11(12(10)17)8-2-3-14-6-8/h7-9,11,14,16H,2-6,13H2,1H3. The number of rotatable bonds is 2. The normalized spacial score (nSPS) is 32.7. The molecule has 3 atom stereocenters. The number of nitrogens with two attached hydrogens (primary N) is 1. The fourth-order valence-corrected chi connectivity index (χ4v) is 3.14. The predicted molar refractivity (Wildman–Crippen MR) is 66.6 cm³/mol. The zero-order chi connectivity index (χ0) is 11.8. The van der Waals surface area contributed by atoms with E-state index in [0.717, 1.165) is 19.5 Å². The smallest absolute Gasteiger partial charge is 0.0949 e. The molecule has 5 nitrogen and oxygen atoms in total. The molecule has 5 heteroatoms. The number of nitrogens with zero attached hydrogens (tertiary/aromatic N) is 2. The number of aryl methyl sites for hydroxylation is 1. The average molecular weight is 235 g/mol. The molecule has 0 aromatic carbocycles. The summed E-state index contributed by atoms with van der Waals surface area (Å²) >= 11 is 0. The highest BCUT2D eigenvalue weighted by molar-refractivity contribution is 5.24. The predicted octanol–water partition coefficient (Wildman–Crippen LogP) is -0.456. The van der Waals surface area contributed by atoms with Gasteiger partial charge in [0.05, 0.1) is 23.8 Å². The van der Waals surface area contributed by atoms with Crippen LogP contribution in [0, 0.1) is 5.92 Å². The number of hydrogen-bond acceptors (Lipinski definition) is 4. The molecule has 0 radical (unpaired) electrons.